The zero-order valence-electron chi connectivity index (χ0n) is 17.5. The second-order valence-electron chi connectivity index (χ2n) is 7.51. The lowest BCUT2D eigenvalue weighted by molar-refractivity contribution is -0.133. The zero-order valence-corrected chi connectivity index (χ0v) is 17.5. The van der Waals surface area contributed by atoms with Gasteiger partial charge in [0.05, 0.1) is 25.9 Å². The van der Waals surface area contributed by atoms with Crippen LogP contribution in [0.25, 0.3) is 0 Å². The number of hydrogen-bond acceptors (Lipinski definition) is 5. The monoisotopic (exact) mass is 410 g/mol. The minimum Gasteiger partial charge on any atom is -0.497 e. The maximum Gasteiger partial charge on any atom is 0.268 e. The van der Waals surface area contributed by atoms with Crippen LogP contribution < -0.4 is 19.1 Å². The summed E-state index contributed by atoms with van der Waals surface area (Å²) in [5, 5.41) is 0. The Morgan fingerprint density at radius 1 is 1.17 bits per heavy atom. The number of methoxy groups -OCH3 is 2. The minimum absolute atomic E-state index is 0.0154. The third-order valence-electron chi connectivity index (χ3n) is 5.74. The van der Waals surface area contributed by atoms with Crippen LogP contribution in [0, 0.1) is 0 Å². The Balaban J connectivity index is 1.59. The van der Waals surface area contributed by atoms with Gasteiger partial charge in [-0.15, -0.1) is 0 Å². The lowest BCUT2D eigenvalue weighted by Gasteiger charge is -2.34. The van der Waals surface area contributed by atoms with Gasteiger partial charge in [-0.3, -0.25) is 14.5 Å². The van der Waals surface area contributed by atoms with Crippen molar-refractivity contribution in [1.82, 2.24) is 4.90 Å². The van der Waals surface area contributed by atoms with Gasteiger partial charge < -0.3 is 19.1 Å². The number of amides is 2. The molecule has 2 aromatic carbocycles. The van der Waals surface area contributed by atoms with Crippen LogP contribution >= 0.6 is 0 Å². The molecule has 4 rings (SSSR count). The molecule has 2 aliphatic heterocycles. The molecule has 2 atom stereocenters. The van der Waals surface area contributed by atoms with Crippen LogP contribution in [0.15, 0.2) is 42.5 Å². The first-order chi connectivity index (χ1) is 14.5. The molecule has 2 aliphatic rings. The summed E-state index contributed by atoms with van der Waals surface area (Å²) >= 11 is 0. The van der Waals surface area contributed by atoms with Gasteiger partial charge in [0.2, 0.25) is 5.91 Å². The number of carbonyl (C=O) groups is 2. The number of likely N-dealkylation sites (tertiary alicyclic amines) is 1. The van der Waals surface area contributed by atoms with Gasteiger partial charge >= 0.3 is 0 Å². The van der Waals surface area contributed by atoms with Gasteiger partial charge in [-0.2, -0.15) is 0 Å². The van der Waals surface area contributed by atoms with Crippen LogP contribution in [0.5, 0.6) is 17.2 Å². The highest BCUT2D eigenvalue weighted by Gasteiger charge is 2.37. The Bertz CT molecular complexity index is 960. The summed E-state index contributed by atoms with van der Waals surface area (Å²) in [5.74, 6) is 1.72. The summed E-state index contributed by atoms with van der Waals surface area (Å²) in [4.78, 5) is 29.4. The van der Waals surface area contributed by atoms with Gasteiger partial charge in [-0.1, -0.05) is 12.1 Å². The van der Waals surface area contributed by atoms with E-state index in [1.165, 1.54) is 4.90 Å². The fourth-order valence-electron chi connectivity index (χ4n) is 4.23. The minimum atomic E-state index is -0.622. The number of carbonyl (C=O) groups excluding carboxylic acids is 2. The average Bonchev–Trinajstić information content (AvgIpc) is 3.26. The van der Waals surface area contributed by atoms with Crippen LogP contribution in [0.3, 0.4) is 0 Å². The summed E-state index contributed by atoms with van der Waals surface area (Å²) in [6.07, 6.45) is 1.12. The Morgan fingerprint density at radius 3 is 2.73 bits per heavy atom. The number of para-hydroxylation sites is 2. The van der Waals surface area contributed by atoms with E-state index in [0.717, 1.165) is 18.4 Å². The highest BCUT2D eigenvalue weighted by atomic mass is 16.5. The van der Waals surface area contributed by atoms with E-state index < -0.39 is 6.10 Å². The molecule has 30 heavy (non-hydrogen) atoms. The van der Waals surface area contributed by atoms with Gasteiger partial charge in [-0.05, 0) is 44.0 Å². The summed E-state index contributed by atoms with van der Waals surface area (Å²) in [6, 6.07) is 12.9. The number of benzene rings is 2. The largest absolute Gasteiger partial charge is 0.497 e. The third kappa shape index (κ3) is 3.56. The predicted octanol–water partition coefficient (Wildman–Crippen LogP) is 3.18. The molecule has 158 valence electrons. The first-order valence-corrected chi connectivity index (χ1v) is 10.1. The first kappa shape index (κ1) is 20.1. The van der Waals surface area contributed by atoms with Crippen molar-refractivity contribution in [3.8, 4) is 17.2 Å². The van der Waals surface area contributed by atoms with Gasteiger partial charge in [0.15, 0.2) is 6.10 Å². The molecule has 1 fully saturated rings. The molecule has 2 aromatic rings. The number of ether oxygens (including phenoxy) is 3. The van der Waals surface area contributed by atoms with E-state index in [1.807, 2.05) is 41.3 Å². The van der Waals surface area contributed by atoms with Crippen LogP contribution in [-0.4, -0.2) is 50.1 Å². The Labute approximate surface area is 176 Å². The van der Waals surface area contributed by atoms with Crippen LogP contribution in [0.4, 0.5) is 5.69 Å². The maximum atomic E-state index is 13.3. The predicted molar refractivity (Wildman–Crippen MR) is 112 cm³/mol. The van der Waals surface area contributed by atoms with Gasteiger partial charge in [0.1, 0.15) is 23.8 Å². The van der Waals surface area contributed by atoms with Crippen molar-refractivity contribution in [2.45, 2.75) is 31.9 Å². The molecule has 0 saturated carbocycles. The second kappa shape index (κ2) is 8.26. The van der Waals surface area contributed by atoms with E-state index in [9.17, 15) is 9.59 Å². The molecule has 0 aliphatic carbocycles. The molecule has 7 nitrogen and oxygen atoms in total. The maximum absolute atomic E-state index is 13.3. The number of hydrogen-bond donors (Lipinski definition) is 0. The van der Waals surface area contributed by atoms with Crippen molar-refractivity contribution in [2.75, 3.05) is 32.2 Å². The van der Waals surface area contributed by atoms with Crippen LogP contribution in [0.1, 0.15) is 31.4 Å². The number of rotatable bonds is 5. The molecule has 2 amide bonds. The second-order valence-corrected chi connectivity index (χ2v) is 7.51. The van der Waals surface area contributed by atoms with E-state index in [0.29, 0.717) is 29.5 Å². The number of nitrogens with zero attached hydrogens (tertiary/aromatic N) is 2. The normalized spacial score (nSPS) is 20.6. The highest BCUT2D eigenvalue weighted by molar-refractivity contribution is 6.03. The molecule has 1 saturated heterocycles. The molecule has 0 aromatic heterocycles. The van der Waals surface area contributed by atoms with Gasteiger partial charge in [0, 0.05) is 18.2 Å². The average molecular weight is 410 g/mol. The molecule has 2 heterocycles. The topological polar surface area (TPSA) is 68.3 Å². The number of anilines is 1. The van der Waals surface area contributed by atoms with Crippen LogP contribution in [0.2, 0.25) is 0 Å². The zero-order chi connectivity index (χ0) is 21.3. The standard InChI is InChI=1S/C23H26N2O5/c1-15-23(27)25(19-7-4-5-9-20(19)30-15)14-22(26)24-12-6-8-18(24)17-11-10-16(28-2)13-21(17)29-3/h4-5,7,9-11,13,15,18H,6,8,12,14H2,1-3H3. The molecule has 7 heteroatoms. The van der Waals surface area contributed by atoms with Crippen molar-refractivity contribution < 1.29 is 23.8 Å². The molecule has 2 unspecified atom stereocenters. The van der Waals surface area contributed by atoms with Gasteiger partial charge in [-0.25, -0.2) is 0 Å². The van der Waals surface area contributed by atoms with Crippen molar-refractivity contribution in [3.63, 3.8) is 0 Å². The van der Waals surface area contributed by atoms with E-state index >= 15 is 0 Å². The van der Waals surface area contributed by atoms with Crippen molar-refractivity contribution in [2.24, 2.45) is 0 Å². The van der Waals surface area contributed by atoms with E-state index in [1.54, 1.807) is 27.2 Å². The van der Waals surface area contributed by atoms with E-state index in [-0.39, 0.29) is 24.4 Å². The highest BCUT2D eigenvalue weighted by Crippen LogP contribution is 2.39. The lowest BCUT2D eigenvalue weighted by Crippen LogP contribution is -2.49. The van der Waals surface area contributed by atoms with Crippen molar-refractivity contribution in [1.29, 1.82) is 0 Å². The SMILES string of the molecule is COc1ccc(C2CCCN2C(=O)CN2C(=O)C(C)Oc3ccccc32)c(OC)c1. The molecule has 0 radical (unpaired) electrons. The number of fused-ring (bicyclic) bond motifs is 1. The summed E-state index contributed by atoms with van der Waals surface area (Å²) in [5.41, 5.74) is 1.58. The Morgan fingerprint density at radius 2 is 1.97 bits per heavy atom. The molecular formula is C23H26N2O5. The molecule has 0 bridgehead atoms. The summed E-state index contributed by atoms with van der Waals surface area (Å²) in [7, 11) is 3.22. The molecule has 0 spiro atoms. The quantitative estimate of drug-likeness (QED) is 0.757. The Kier molecular flexibility index (Phi) is 5.53. The van der Waals surface area contributed by atoms with Crippen LogP contribution in [-0.2, 0) is 9.59 Å². The Hall–Kier alpha value is -3.22. The first-order valence-electron chi connectivity index (χ1n) is 10.1. The summed E-state index contributed by atoms with van der Waals surface area (Å²) in [6.45, 7) is 2.34. The summed E-state index contributed by atoms with van der Waals surface area (Å²) < 4.78 is 16.5. The fourth-order valence-corrected chi connectivity index (χ4v) is 4.23. The molecular weight excluding hydrogens is 384 g/mol. The smallest absolute Gasteiger partial charge is 0.268 e. The lowest BCUT2D eigenvalue weighted by atomic mass is 10.0. The third-order valence-corrected chi connectivity index (χ3v) is 5.74. The van der Waals surface area contributed by atoms with E-state index in [2.05, 4.69) is 0 Å². The fraction of sp³-hybridized carbons (Fsp3) is 0.391. The van der Waals surface area contributed by atoms with Gasteiger partial charge in [0.25, 0.3) is 5.91 Å². The van der Waals surface area contributed by atoms with E-state index in [4.69, 9.17) is 14.2 Å². The van der Waals surface area contributed by atoms with Crippen molar-refractivity contribution in [3.05, 3.63) is 48.0 Å². The van der Waals surface area contributed by atoms with Crippen molar-refractivity contribution >= 4 is 17.5 Å². The molecule has 0 N–H and O–H groups in total.